The van der Waals surface area contributed by atoms with E-state index in [-0.39, 0.29) is 0 Å². The van der Waals surface area contributed by atoms with Gasteiger partial charge in [-0.05, 0) is 31.2 Å². The van der Waals surface area contributed by atoms with Crippen LogP contribution in [0.3, 0.4) is 0 Å². The molecule has 0 saturated heterocycles. The summed E-state index contributed by atoms with van der Waals surface area (Å²) < 4.78 is 0. The Hall–Kier alpha value is -1.62. The van der Waals surface area contributed by atoms with Gasteiger partial charge in [-0.25, -0.2) is 4.98 Å². The lowest BCUT2D eigenvalue weighted by molar-refractivity contribution is 0.757. The van der Waals surface area contributed by atoms with E-state index in [1.54, 1.807) is 11.3 Å². The highest BCUT2D eigenvalue weighted by Crippen LogP contribution is 2.25. The average molecular weight is 290 g/mol. The zero-order valence-electron chi connectivity index (χ0n) is 12.3. The molecule has 20 heavy (non-hydrogen) atoms. The molecule has 2 aromatic rings. The number of nitrogens with one attached hydrogen (secondary N) is 2. The highest BCUT2D eigenvalue weighted by atomic mass is 32.1. The normalized spacial score (nSPS) is 12.2. The van der Waals surface area contributed by atoms with Crippen LogP contribution in [0.1, 0.15) is 43.3 Å². The van der Waals surface area contributed by atoms with E-state index in [4.69, 9.17) is 0 Å². The van der Waals surface area contributed by atoms with E-state index < -0.39 is 0 Å². The summed E-state index contributed by atoms with van der Waals surface area (Å²) >= 11 is 1.78. The molecule has 0 radical (unpaired) electrons. The molecule has 4 nitrogen and oxygen atoms in total. The van der Waals surface area contributed by atoms with Crippen molar-refractivity contribution in [2.24, 2.45) is 0 Å². The molecule has 0 fully saturated rings. The molecule has 0 aliphatic heterocycles. The highest BCUT2D eigenvalue weighted by molar-refractivity contribution is 7.10. The molecule has 1 atom stereocenters. The number of anilines is 2. The summed E-state index contributed by atoms with van der Waals surface area (Å²) in [6.07, 6.45) is 2.09. The molecule has 0 bridgehead atoms. The van der Waals surface area contributed by atoms with Gasteiger partial charge in [0, 0.05) is 23.2 Å². The highest BCUT2D eigenvalue weighted by Gasteiger charge is 2.11. The Labute approximate surface area is 124 Å². The van der Waals surface area contributed by atoms with Gasteiger partial charge in [-0.15, -0.1) is 11.3 Å². The Morgan fingerprint density at radius 1 is 1.30 bits per heavy atom. The minimum Gasteiger partial charge on any atom is -0.362 e. The van der Waals surface area contributed by atoms with Gasteiger partial charge in [0.05, 0.1) is 6.04 Å². The fraction of sp³-hybridized carbons (Fsp3) is 0.467. The van der Waals surface area contributed by atoms with Crippen molar-refractivity contribution < 1.29 is 0 Å². The van der Waals surface area contributed by atoms with Crippen molar-refractivity contribution in [3.05, 3.63) is 34.2 Å². The van der Waals surface area contributed by atoms with Crippen LogP contribution in [0, 0.1) is 6.92 Å². The molecule has 0 aromatic carbocycles. The van der Waals surface area contributed by atoms with Crippen LogP contribution in [0.4, 0.5) is 11.8 Å². The minimum atomic E-state index is 0.309. The van der Waals surface area contributed by atoms with Gasteiger partial charge >= 0.3 is 0 Å². The molecule has 1 unspecified atom stereocenters. The second-order valence-corrected chi connectivity index (χ2v) is 5.74. The van der Waals surface area contributed by atoms with Gasteiger partial charge < -0.3 is 10.6 Å². The summed E-state index contributed by atoms with van der Waals surface area (Å²) in [6, 6.07) is 6.55. The van der Waals surface area contributed by atoms with Gasteiger partial charge in [0.2, 0.25) is 5.95 Å². The lowest BCUT2D eigenvalue weighted by Crippen LogP contribution is -2.12. The van der Waals surface area contributed by atoms with E-state index in [0.717, 1.165) is 30.9 Å². The molecule has 5 heteroatoms. The van der Waals surface area contributed by atoms with Gasteiger partial charge in [-0.2, -0.15) is 4.98 Å². The van der Waals surface area contributed by atoms with Crippen molar-refractivity contribution in [2.75, 3.05) is 17.2 Å². The maximum absolute atomic E-state index is 4.54. The molecular formula is C15H22N4S. The molecule has 0 amide bonds. The number of nitrogens with zero attached hydrogens (tertiary/aromatic N) is 2. The van der Waals surface area contributed by atoms with Crippen LogP contribution >= 0.6 is 11.3 Å². The zero-order chi connectivity index (χ0) is 14.4. The van der Waals surface area contributed by atoms with Crippen molar-refractivity contribution in [1.29, 1.82) is 0 Å². The molecule has 2 aromatic heterocycles. The van der Waals surface area contributed by atoms with Crippen LogP contribution in [0.25, 0.3) is 0 Å². The number of hydrogen-bond donors (Lipinski definition) is 2. The summed E-state index contributed by atoms with van der Waals surface area (Å²) in [4.78, 5) is 10.3. The third kappa shape index (κ3) is 3.93. The first-order valence-electron chi connectivity index (χ1n) is 7.12. The largest absolute Gasteiger partial charge is 0.362 e. The molecule has 2 heterocycles. The lowest BCUT2D eigenvalue weighted by atomic mass is 10.2. The van der Waals surface area contributed by atoms with Crippen molar-refractivity contribution in [1.82, 2.24) is 9.97 Å². The quantitative estimate of drug-likeness (QED) is 0.801. The number of aromatic nitrogens is 2. The Morgan fingerprint density at radius 3 is 2.80 bits per heavy atom. The second-order valence-electron chi connectivity index (χ2n) is 4.77. The van der Waals surface area contributed by atoms with Crippen LogP contribution < -0.4 is 10.6 Å². The molecule has 0 aliphatic carbocycles. The maximum Gasteiger partial charge on any atom is 0.224 e. The Kier molecular flexibility index (Phi) is 5.35. The van der Waals surface area contributed by atoms with E-state index in [1.807, 2.05) is 13.0 Å². The third-order valence-electron chi connectivity index (χ3n) is 3.00. The molecule has 0 aliphatic rings. The van der Waals surface area contributed by atoms with Crippen molar-refractivity contribution in [3.63, 3.8) is 0 Å². The van der Waals surface area contributed by atoms with Crippen LogP contribution in [-0.4, -0.2) is 16.5 Å². The summed E-state index contributed by atoms with van der Waals surface area (Å²) in [6.45, 7) is 7.20. The van der Waals surface area contributed by atoms with E-state index in [1.165, 1.54) is 4.88 Å². The first kappa shape index (κ1) is 14.8. The van der Waals surface area contributed by atoms with E-state index in [0.29, 0.717) is 12.0 Å². The van der Waals surface area contributed by atoms with E-state index in [2.05, 4.69) is 52.0 Å². The molecule has 0 saturated carbocycles. The Balaban J connectivity index is 2.13. The van der Waals surface area contributed by atoms with Gasteiger partial charge in [-0.3, -0.25) is 0 Å². The summed E-state index contributed by atoms with van der Waals surface area (Å²) in [5.41, 5.74) is 0.974. The van der Waals surface area contributed by atoms with Crippen LogP contribution in [-0.2, 0) is 0 Å². The first-order chi connectivity index (χ1) is 9.72. The van der Waals surface area contributed by atoms with Gasteiger partial charge in [0.15, 0.2) is 0 Å². The lowest BCUT2D eigenvalue weighted by Gasteiger charge is -2.17. The summed E-state index contributed by atoms with van der Waals surface area (Å²) in [5, 5.41) is 8.86. The number of aryl methyl sites for hydroxylation is 1. The van der Waals surface area contributed by atoms with Gasteiger partial charge in [-0.1, -0.05) is 19.9 Å². The Bertz CT molecular complexity index is 525. The number of hydrogen-bond acceptors (Lipinski definition) is 5. The minimum absolute atomic E-state index is 0.309. The van der Waals surface area contributed by atoms with E-state index >= 15 is 0 Å². The SMILES string of the molecule is CCCNc1nc(C)cc(NC(CC)c2cccs2)n1. The van der Waals surface area contributed by atoms with Crippen molar-refractivity contribution >= 4 is 23.1 Å². The maximum atomic E-state index is 4.54. The third-order valence-corrected chi connectivity index (χ3v) is 3.99. The fourth-order valence-electron chi connectivity index (χ4n) is 2.00. The first-order valence-corrected chi connectivity index (χ1v) is 8.00. The standard InChI is InChI=1S/C15H22N4S/c1-4-8-16-15-17-11(3)10-14(19-15)18-12(5-2)13-7-6-9-20-13/h6-7,9-10,12H,4-5,8H2,1-3H3,(H2,16,17,18,19). The summed E-state index contributed by atoms with van der Waals surface area (Å²) in [5.74, 6) is 1.59. The van der Waals surface area contributed by atoms with E-state index in [9.17, 15) is 0 Å². The van der Waals surface area contributed by atoms with Crippen molar-refractivity contribution in [2.45, 2.75) is 39.7 Å². The predicted octanol–water partition coefficient (Wildman–Crippen LogP) is 4.23. The van der Waals surface area contributed by atoms with Gasteiger partial charge in [0.25, 0.3) is 0 Å². The number of rotatable bonds is 7. The molecule has 2 N–H and O–H groups in total. The second kappa shape index (κ2) is 7.24. The van der Waals surface area contributed by atoms with Crippen LogP contribution in [0.15, 0.2) is 23.6 Å². The molecule has 0 spiro atoms. The average Bonchev–Trinajstić information content (AvgIpc) is 2.96. The molecular weight excluding hydrogens is 268 g/mol. The molecule has 108 valence electrons. The predicted molar refractivity (Wildman–Crippen MR) is 86.5 cm³/mol. The monoisotopic (exact) mass is 290 g/mol. The Morgan fingerprint density at radius 2 is 2.15 bits per heavy atom. The van der Waals surface area contributed by atoms with Crippen molar-refractivity contribution in [3.8, 4) is 0 Å². The summed E-state index contributed by atoms with van der Waals surface area (Å²) in [7, 11) is 0. The fourth-order valence-corrected chi connectivity index (χ4v) is 2.86. The van der Waals surface area contributed by atoms with Crippen LogP contribution in [0.5, 0.6) is 0 Å². The smallest absolute Gasteiger partial charge is 0.224 e. The van der Waals surface area contributed by atoms with Gasteiger partial charge in [0.1, 0.15) is 5.82 Å². The zero-order valence-corrected chi connectivity index (χ0v) is 13.1. The van der Waals surface area contributed by atoms with Crippen LogP contribution in [0.2, 0.25) is 0 Å². The topological polar surface area (TPSA) is 49.8 Å². The molecule has 2 rings (SSSR count). The number of thiophene rings is 1.